The van der Waals surface area contributed by atoms with Crippen molar-refractivity contribution in [1.29, 1.82) is 0 Å². The van der Waals surface area contributed by atoms with Crippen molar-refractivity contribution in [2.45, 2.75) is 52.1 Å². The van der Waals surface area contributed by atoms with Gasteiger partial charge in [0.15, 0.2) is 0 Å². The maximum atomic E-state index is 13.7. The normalized spacial score (nSPS) is 11.7. The predicted octanol–water partition coefficient (Wildman–Crippen LogP) is 6.26. The van der Waals surface area contributed by atoms with Gasteiger partial charge < -0.3 is 10.2 Å². The molecule has 2 amide bonds. The van der Waals surface area contributed by atoms with Crippen LogP contribution in [-0.2, 0) is 35.4 Å². The highest BCUT2D eigenvalue weighted by Crippen LogP contribution is 2.27. The number of nitrogens with zero attached hydrogens (tertiary/aromatic N) is 1. The van der Waals surface area contributed by atoms with Crippen LogP contribution in [0.2, 0.25) is 10.0 Å². The molecule has 6 heteroatoms. The molecule has 0 heterocycles. The minimum absolute atomic E-state index is 0.118. The van der Waals surface area contributed by atoms with Crippen molar-refractivity contribution in [1.82, 2.24) is 10.2 Å². The van der Waals surface area contributed by atoms with E-state index in [9.17, 15) is 9.59 Å². The van der Waals surface area contributed by atoms with Gasteiger partial charge in [-0.25, -0.2) is 0 Å². The highest BCUT2D eigenvalue weighted by Gasteiger charge is 2.30. The van der Waals surface area contributed by atoms with Crippen LogP contribution in [0, 0.1) is 0 Å². The van der Waals surface area contributed by atoms with Gasteiger partial charge in [-0.05, 0) is 48.6 Å². The van der Waals surface area contributed by atoms with E-state index < -0.39 is 6.04 Å². The Morgan fingerprint density at radius 1 is 0.829 bits per heavy atom. The molecule has 0 bridgehead atoms. The molecule has 1 N–H and O–H groups in total. The van der Waals surface area contributed by atoms with Crippen LogP contribution in [0.15, 0.2) is 72.8 Å². The van der Waals surface area contributed by atoms with E-state index in [0.29, 0.717) is 35.0 Å². The van der Waals surface area contributed by atoms with Gasteiger partial charge in [0.2, 0.25) is 11.8 Å². The average molecular weight is 511 g/mol. The van der Waals surface area contributed by atoms with Crippen molar-refractivity contribution in [3.63, 3.8) is 0 Å². The number of nitrogens with one attached hydrogen (secondary N) is 1. The van der Waals surface area contributed by atoms with Crippen LogP contribution in [-0.4, -0.2) is 29.3 Å². The lowest BCUT2D eigenvalue weighted by atomic mass is 10.0. The minimum Gasteiger partial charge on any atom is -0.355 e. The SMILES string of the molecule is CCNC(=O)[C@H](Cc1ccccc1)N(Cc1c(Cl)cccc1Cl)C(=O)CCc1ccc(CC)cc1. The number of aryl methyl sites for hydroxylation is 2. The lowest BCUT2D eigenvalue weighted by Gasteiger charge is -2.32. The fourth-order valence-corrected chi connectivity index (χ4v) is 4.55. The number of carbonyl (C=O) groups excluding carboxylic acids is 2. The molecule has 0 aliphatic rings. The Morgan fingerprint density at radius 2 is 1.46 bits per heavy atom. The number of benzene rings is 3. The van der Waals surface area contributed by atoms with Crippen molar-refractivity contribution in [3.8, 4) is 0 Å². The van der Waals surface area contributed by atoms with Gasteiger partial charge in [0.05, 0.1) is 0 Å². The Bertz CT molecular complexity index is 1100. The number of amides is 2. The largest absolute Gasteiger partial charge is 0.355 e. The van der Waals surface area contributed by atoms with Gasteiger partial charge in [-0.2, -0.15) is 0 Å². The zero-order valence-corrected chi connectivity index (χ0v) is 21.8. The van der Waals surface area contributed by atoms with Crippen LogP contribution >= 0.6 is 23.2 Å². The van der Waals surface area contributed by atoms with Gasteiger partial charge in [0.25, 0.3) is 0 Å². The summed E-state index contributed by atoms with van der Waals surface area (Å²) in [5, 5.41) is 3.85. The van der Waals surface area contributed by atoms with Crippen LogP contribution in [0.1, 0.15) is 42.5 Å². The maximum absolute atomic E-state index is 13.7. The molecule has 0 saturated carbocycles. The van der Waals surface area contributed by atoms with Gasteiger partial charge in [0, 0.05) is 41.5 Å². The fourth-order valence-electron chi connectivity index (χ4n) is 4.04. The number of rotatable bonds is 11. The monoisotopic (exact) mass is 510 g/mol. The van der Waals surface area contributed by atoms with Gasteiger partial charge in [0.1, 0.15) is 6.04 Å². The first kappa shape index (κ1) is 26.8. The van der Waals surface area contributed by atoms with Crippen molar-refractivity contribution < 1.29 is 9.59 Å². The van der Waals surface area contributed by atoms with E-state index in [1.54, 1.807) is 23.1 Å². The summed E-state index contributed by atoms with van der Waals surface area (Å²) in [6.07, 6.45) is 2.23. The third kappa shape index (κ3) is 7.58. The van der Waals surface area contributed by atoms with Crippen LogP contribution in [0.25, 0.3) is 0 Å². The quantitative estimate of drug-likeness (QED) is 0.330. The third-order valence-corrected chi connectivity index (χ3v) is 6.78. The van der Waals surface area contributed by atoms with Crippen molar-refractivity contribution in [2.24, 2.45) is 0 Å². The first-order valence-corrected chi connectivity index (χ1v) is 12.8. The zero-order valence-electron chi connectivity index (χ0n) is 20.3. The first-order chi connectivity index (χ1) is 16.9. The Hall–Kier alpha value is -2.82. The molecule has 0 fully saturated rings. The molecule has 1 atom stereocenters. The zero-order chi connectivity index (χ0) is 25.2. The molecule has 3 rings (SSSR count). The highest BCUT2D eigenvalue weighted by molar-refractivity contribution is 6.36. The summed E-state index contributed by atoms with van der Waals surface area (Å²) in [4.78, 5) is 28.5. The summed E-state index contributed by atoms with van der Waals surface area (Å²) in [6, 6.07) is 22.6. The van der Waals surface area contributed by atoms with Gasteiger partial charge >= 0.3 is 0 Å². The first-order valence-electron chi connectivity index (χ1n) is 12.0. The second-order valence-electron chi connectivity index (χ2n) is 8.49. The lowest BCUT2D eigenvalue weighted by molar-refractivity contribution is -0.141. The topological polar surface area (TPSA) is 49.4 Å². The van der Waals surface area contributed by atoms with E-state index in [1.807, 2.05) is 37.3 Å². The number of hydrogen-bond donors (Lipinski definition) is 1. The number of carbonyl (C=O) groups is 2. The average Bonchev–Trinajstić information content (AvgIpc) is 2.87. The smallest absolute Gasteiger partial charge is 0.243 e. The van der Waals surface area contributed by atoms with E-state index >= 15 is 0 Å². The second kappa shape index (κ2) is 13.3. The predicted molar refractivity (Wildman–Crippen MR) is 144 cm³/mol. The van der Waals surface area contributed by atoms with Crippen molar-refractivity contribution in [3.05, 3.63) is 105 Å². The van der Waals surface area contributed by atoms with Crippen LogP contribution in [0.4, 0.5) is 0 Å². The van der Waals surface area contributed by atoms with E-state index in [0.717, 1.165) is 17.5 Å². The summed E-state index contributed by atoms with van der Waals surface area (Å²) in [6.45, 7) is 4.61. The molecular weight excluding hydrogens is 479 g/mol. The van der Waals surface area contributed by atoms with E-state index in [-0.39, 0.29) is 24.8 Å². The Balaban J connectivity index is 1.91. The molecule has 3 aromatic rings. The highest BCUT2D eigenvalue weighted by atomic mass is 35.5. The summed E-state index contributed by atoms with van der Waals surface area (Å²) in [5.74, 6) is -0.312. The maximum Gasteiger partial charge on any atom is 0.243 e. The van der Waals surface area contributed by atoms with Gasteiger partial charge in [-0.15, -0.1) is 0 Å². The molecule has 0 aromatic heterocycles. The molecule has 0 aliphatic heterocycles. The molecule has 3 aromatic carbocycles. The minimum atomic E-state index is -0.695. The molecule has 0 spiro atoms. The number of hydrogen-bond acceptors (Lipinski definition) is 2. The number of halogens is 2. The van der Waals surface area contributed by atoms with Crippen LogP contribution in [0.5, 0.6) is 0 Å². The van der Waals surface area contributed by atoms with Gasteiger partial charge in [-0.1, -0.05) is 90.8 Å². The summed E-state index contributed by atoms with van der Waals surface area (Å²) >= 11 is 12.9. The number of likely N-dealkylation sites (N-methyl/N-ethyl adjacent to an activating group) is 1. The van der Waals surface area contributed by atoms with Crippen LogP contribution < -0.4 is 5.32 Å². The summed E-state index contributed by atoms with van der Waals surface area (Å²) in [5.41, 5.74) is 3.96. The fraction of sp³-hybridized carbons (Fsp3) is 0.310. The van der Waals surface area contributed by atoms with Gasteiger partial charge in [-0.3, -0.25) is 9.59 Å². The molecule has 0 radical (unpaired) electrons. The lowest BCUT2D eigenvalue weighted by Crippen LogP contribution is -2.50. The molecule has 184 valence electrons. The Kier molecular flexibility index (Phi) is 10.2. The Morgan fingerprint density at radius 3 is 2.06 bits per heavy atom. The van der Waals surface area contributed by atoms with E-state index in [4.69, 9.17) is 23.2 Å². The van der Waals surface area contributed by atoms with E-state index in [2.05, 4.69) is 36.5 Å². The summed E-state index contributed by atoms with van der Waals surface area (Å²) in [7, 11) is 0. The molecule has 4 nitrogen and oxygen atoms in total. The Labute approximate surface area is 218 Å². The second-order valence-corrected chi connectivity index (χ2v) is 9.31. The standard InChI is InChI=1S/C29H32Cl2N2O2/c1-3-21-13-15-22(16-14-21)17-18-28(34)33(20-24-25(30)11-8-12-26(24)31)27(29(35)32-4-2)19-23-9-6-5-7-10-23/h5-16,27H,3-4,17-20H2,1-2H3,(H,32,35)/t27-/m0/s1. The van der Waals surface area contributed by atoms with Crippen LogP contribution in [0.3, 0.4) is 0 Å². The molecule has 0 saturated heterocycles. The molecule has 0 aliphatic carbocycles. The molecule has 0 unspecified atom stereocenters. The summed E-state index contributed by atoms with van der Waals surface area (Å²) < 4.78 is 0. The molecular formula is C29H32Cl2N2O2. The third-order valence-electron chi connectivity index (χ3n) is 6.07. The molecule has 35 heavy (non-hydrogen) atoms. The van der Waals surface area contributed by atoms with Crippen molar-refractivity contribution in [2.75, 3.05) is 6.54 Å². The van der Waals surface area contributed by atoms with E-state index in [1.165, 1.54) is 5.56 Å². The van der Waals surface area contributed by atoms with Crippen molar-refractivity contribution >= 4 is 35.0 Å².